The van der Waals surface area contributed by atoms with Gasteiger partial charge in [0.25, 0.3) is 0 Å². The first kappa shape index (κ1) is 13.7. The molecule has 0 aliphatic rings. The predicted molar refractivity (Wildman–Crippen MR) is 75.1 cm³/mol. The number of benzene rings is 1. The Bertz CT molecular complexity index is 661. The van der Waals surface area contributed by atoms with E-state index in [9.17, 15) is 9.18 Å². The topological polar surface area (TPSA) is 49.8 Å². The largest absolute Gasteiger partial charge is 0.354 e. The number of rotatable bonds is 4. The summed E-state index contributed by atoms with van der Waals surface area (Å²) in [6.45, 7) is 4.35. The van der Waals surface area contributed by atoms with Crippen LogP contribution >= 0.6 is 12.2 Å². The Morgan fingerprint density at radius 1 is 1.58 bits per heavy atom. The van der Waals surface area contributed by atoms with Crippen molar-refractivity contribution in [3.05, 3.63) is 28.8 Å². The minimum absolute atomic E-state index is 0.122. The van der Waals surface area contributed by atoms with Gasteiger partial charge in [0.1, 0.15) is 17.4 Å². The highest BCUT2D eigenvalue weighted by Gasteiger charge is 2.18. The van der Waals surface area contributed by atoms with Crippen molar-refractivity contribution in [1.29, 1.82) is 0 Å². The summed E-state index contributed by atoms with van der Waals surface area (Å²) >= 11 is 5.18. The molecule has 1 aromatic heterocycles. The number of imidazole rings is 1. The molecule has 0 aliphatic heterocycles. The lowest BCUT2D eigenvalue weighted by molar-refractivity contribution is -0.123. The highest BCUT2D eigenvalue weighted by molar-refractivity contribution is 7.71. The van der Waals surface area contributed by atoms with Gasteiger partial charge in [-0.05, 0) is 37.7 Å². The van der Waals surface area contributed by atoms with Crippen LogP contribution in [0, 0.1) is 10.6 Å². The van der Waals surface area contributed by atoms with Crippen molar-refractivity contribution in [2.45, 2.75) is 26.3 Å². The molecular formula is C13H16FN3OS. The molecule has 2 N–H and O–H groups in total. The summed E-state index contributed by atoms with van der Waals surface area (Å²) in [6.07, 6.45) is 0.867. The van der Waals surface area contributed by atoms with Crippen LogP contribution in [0.3, 0.4) is 0 Å². The molecule has 1 atom stereocenters. The molecule has 1 aromatic carbocycles. The number of hydrogen-bond donors (Lipinski definition) is 2. The number of aromatic amines is 1. The van der Waals surface area contributed by atoms with E-state index in [2.05, 4.69) is 10.3 Å². The third kappa shape index (κ3) is 2.53. The monoisotopic (exact) mass is 281 g/mol. The molecule has 19 heavy (non-hydrogen) atoms. The number of halogens is 1. The number of H-pyrrole nitrogens is 1. The van der Waals surface area contributed by atoms with Gasteiger partial charge >= 0.3 is 0 Å². The standard InChI is InChI=1S/C13H16FN3OS/c1-3-7-15-12(18)8(2)17-10-6-4-5-9(14)11(10)16-13(17)19/h4-6,8H,3,7H2,1-2H3,(H,15,18)(H,16,19). The second kappa shape index (κ2) is 5.52. The summed E-state index contributed by atoms with van der Waals surface area (Å²) < 4.78 is 15.6. The average Bonchev–Trinajstić information content (AvgIpc) is 2.73. The van der Waals surface area contributed by atoms with E-state index in [1.165, 1.54) is 6.07 Å². The molecular weight excluding hydrogens is 265 g/mol. The minimum atomic E-state index is -0.477. The molecule has 0 saturated carbocycles. The second-order valence-corrected chi connectivity index (χ2v) is 4.79. The van der Waals surface area contributed by atoms with Gasteiger partial charge in [-0.3, -0.25) is 4.79 Å². The van der Waals surface area contributed by atoms with Crippen LogP contribution in [-0.2, 0) is 4.79 Å². The van der Waals surface area contributed by atoms with Gasteiger partial charge in [0, 0.05) is 6.54 Å². The smallest absolute Gasteiger partial charge is 0.242 e. The average molecular weight is 281 g/mol. The van der Waals surface area contributed by atoms with Gasteiger partial charge in [-0.25, -0.2) is 4.39 Å². The van der Waals surface area contributed by atoms with Crippen molar-refractivity contribution in [2.24, 2.45) is 0 Å². The van der Waals surface area contributed by atoms with Crippen molar-refractivity contribution < 1.29 is 9.18 Å². The van der Waals surface area contributed by atoms with Crippen molar-refractivity contribution in [2.75, 3.05) is 6.54 Å². The van der Waals surface area contributed by atoms with Crippen LogP contribution in [0.4, 0.5) is 4.39 Å². The number of amides is 1. The third-order valence-corrected chi connectivity index (χ3v) is 3.32. The predicted octanol–water partition coefficient (Wildman–Crippen LogP) is 2.93. The number of para-hydroxylation sites is 1. The van der Waals surface area contributed by atoms with Crippen molar-refractivity contribution in [1.82, 2.24) is 14.9 Å². The summed E-state index contributed by atoms with van der Waals surface area (Å²) in [5.74, 6) is -0.494. The van der Waals surface area contributed by atoms with Gasteiger partial charge in [-0.15, -0.1) is 0 Å². The Morgan fingerprint density at radius 3 is 3.00 bits per heavy atom. The maximum absolute atomic E-state index is 13.7. The van der Waals surface area contributed by atoms with Gasteiger partial charge in [-0.1, -0.05) is 13.0 Å². The van der Waals surface area contributed by atoms with Crippen molar-refractivity contribution >= 4 is 29.2 Å². The quantitative estimate of drug-likeness (QED) is 0.847. The molecule has 0 spiro atoms. The molecule has 4 nitrogen and oxygen atoms in total. The Morgan fingerprint density at radius 2 is 2.32 bits per heavy atom. The zero-order chi connectivity index (χ0) is 14.0. The first-order chi connectivity index (χ1) is 9.06. The molecule has 2 rings (SSSR count). The lowest BCUT2D eigenvalue weighted by Crippen LogP contribution is -2.31. The van der Waals surface area contributed by atoms with Crippen LogP contribution in [0.1, 0.15) is 26.3 Å². The van der Waals surface area contributed by atoms with Gasteiger partial charge in [0.05, 0.1) is 5.52 Å². The summed E-state index contributed by atoms with van der Waals surface area (Å²) in [7, 11) is 0. The van der Waals surface area contributed by atoms with Crippen LogP contribution < -0.4 is 5.32 Å². The number of aromatic nitrogens is 2. The maximum atomic E-state index is 13.7. The normalized spacial score (nSPS) is 12.6. The Labute approximate surface area is 115 Å². The highest BCUT2D eigenvalue weighted by atomic mass is 32.1. The van der Waals surface area contributed by atoms with E-state index in [1.807, 2.05) is 6.92 Å². The van der Waals surface area contributed by atoms with E-state index in [0.29, 0.717) is 22.3 Å². The Balaban J connectivity index is 2.45. The number of nitrogens with one attached hydrogen (secondary N) is 2. The van der Waals surface area contributed by atoms with E-state index in [-0.39, 0.29) is 11.7 Å². The molecule has 2 aromatic rings. The second-order valence-electron chi connectivity index (χ2n) is 4.40. The molecule has 1 unspecified atom stereocenters. The Kier molecular flexibility index (Phi) is 3.99. The number of carbonyl (C=O) groups excluding carboxylic acids is 1. The zero-order valence-corrected chi connectivity index (χ0v) is 11.7. The fourth-order valence-electron chi connectivity index (χ4n) is 2.01. The van der Waals surface area contributed by atoms with Crippen molar-refractivity contribution in [3.8, 4) is 0 Å². The zero-order valence-electron chi connectivity index (χ0n) is 10.9. The van der Waals surface area contributed by atoms with Crippen molar-refractivity contribution in [3.63, 3.8) is 0 Å². The molecule has 0 saturated heterocycles. The summed E-state index contributed by atoms with van der Waals surface area (Å²) in [5, 5.41) is 2.81. The minimum Gasteiger partial charge on any atom is -0.354 e. The van der Waals surface area contributed by atoms with Gasteiger partial charge < -0.3 is 14.9 Å². The molecule has 0 fully saturated rings. The Hall–Kier alpha value is -1.69. The van der Waals surface area contributed by atoms with E-state index in [1.54, 1.807) is 23.6 Å². The van der Waals surface area contributed by atoms with Crippen LogP contribution in [0.25, 0.3) is 11.0 Å². The highest BCUT2D eigenvalue weighted by Crippen LogP contribution is 2.21. The van der Waals surface area contributed by atoms with E-state index in [4.69, 9.17) is 12.2 Å². The van der Waals surface area contributed by atoms with Crippen LogP contribution in [0.2, 0.25) is 0 Å². The molecule has 1 heterocycles. The fourth-order valence-corrected chi connectivity index (χ4v) is 2.37. The number of hydrogen-bond acceptors (Lipinski definition) is 2. The van der Waals surface area contributed by atoms with E-state index >= 15 is 0 Å². The van der Waals surface area contributed by atoms with Gasteiger partial charge in [0.2, 0.25) is 5.91 Å². The number of carbonyl (C=O) groups is 1. The van der Waals surface area contributed by atoms with E-state index in [0.717, 1.165) is 6.42 Å². The fraction of sp³-hybridized carbons (Fsp3) is 0.385. The molecule has 1 amide bonds. The summed E-state index contributed by atoms with van der Waals surface area (Å²) in [5.41, 5.74) is 0.937. The lowest BCUT2D eigenvalue weighted by atomic mass is 10.2. The number of fused-ring (bicyclic) bond motifs is 1. The molecule has 0 radical (unpaired) electrons. The number of nitrogens with zero attached hydrogens (tertiary/aromatic N) is 1. The van der Waals surface area contributed by atoms with Gasteiger partial charge in [0.15, 0.2) is 4.77 Å². The first-order valence-electron chi connectivity index (χ1n) is 6.22. The van der Waals surface area contributed by atoms with Crippen LogP contribution in [0.5, 0.6) is 0 Å². The maximum Gasteiger partial charge on any atom is 0.242 e. The molecule has 102 valence electrons. The van der Waals surface area contributed by atoms with Gasteiger partial charge in [-0.2, -0.15) is 0 Å². The summed E-state index contributed by atoms with van der Waals surface area (Å²) in [6, 6.07) is 4.23. The first-order valence-corrected chi connectivity index (χ1v) is 6.63. The SMILES string of the molecule is CCCNC(=O)C(C)n1c(=S)[nH]c2c(F)cccc21. The molecule has 0 bridgehead atoms. The summed E-state index contributed by atoms with van der Waals surface area (Å²) in [4.78, 5) is 14.8. The van der Waals surface area contributed by atoms with Crippen LogP contribution in [0.15, 0.2) is 18.2 Å². The molecule has 6 heteroatoms. The molecule has 0 aliphatic carbocycles. The third-order valence-electron chi connectivity index (χ3n) is 3.02. The van der Waals surface area contributed by atoms with Crippen LogP contribution in [-0.4, -0.2) is 22.0 Å². The van der Waals surface area contributed by atoms with E-state index < -0.39 is 6.04 Å². The lowest BCUT2D eigenvalue weighted by Gasteiger charge is -2.14.